The van der Waals surface area contributed by atoms with Crippen LogP contribution in [0, 0.1) is 18.8 Å². The predicted molar refractivity (Wildman–Crippen MR) is 94.3 cm³/mol. The van der Waals surface area contributed by atoms with Crippen molar-refractivity contribution in [1.29, 1.82) is 0 Å². The maximum Gasteiger partial charge on any atom is 0.191 e. The van der Waals surface area contributed by atoms with E-state index in [1.54, 1.807) is 11.3 Å². The van der Waals surface area contributed by atoms with E-state index >= 15 is 0 Å². The van der Waals surface area contributed by atoms with Gasteiger partial charge in [-0.1, -0.05) is 13.8 Å². The topological polar surface area (TPSA) is 69.5 Å². The second kappa shape index (κ2) is 10.6. The summed E-state index contributed by atoms with van der Waals surface area (Å²) in [5.74, 6) is 1.93. The fourth-order valence-corrected chi connectivity index (χ4v) is 3.07. The lowest BCUT2D eigenvalue weighted by Crippen LogP contribution is -2.40. The summed E-state index contributed by atoms with van der Waals surface area (Å²) in [6, 6.07) is 0. The summed E-state index contributed by atoms with van der Waals surface area (Å²) in [5.41, 5.74) is 0. The van der Waals surface area contributed by atoms with Crippen LogP contribution in [-0.4, -0.2) is 35.7 Å². The summed E-state index contributed by atoms with van der Waals surface area (Å²) < 4.78 is 0. The Hall–Kier alpha value is -1.14. The second-order valence-corrected chi connectivity index (χ2v) is 7.27. The summed E-state index contributed by atoms with van der Waals surface area (Å²) in [5, 5.41) is 16.9. The monoisotopic (exact) mass is 326 g/mol. The van der Waals surface area contributed by atoms with Gasteiger partial charge in [-0.25, -0.2) is 9.98 Å². The van der Waals surface area contributed by atoms with Crippen LogP contribution in [0.4, 0.5) is 0 Å². The van der Waals surface area contributed by atoms with Gasteiger partial charge in [-0.3, -0.25) is 0 Å². The number of guanidine groups is 1. The smallest absolute Gasteiger partial charge is 0.191 e. The number of aliphatic hydroxyl groups excluding tert-OH is 1. The van der Waals surface area contributed by atoms with Crippen molar-refractivity contribution < 1.29 is 5.11 Å². The molecule has 0 amide bonds. The first-order valence-corrected chi connectivity index (χ1v) is 8.91. The minimum atomic E-state index is 0.241. The van der Waals surface area contributed by atoms with Crippen LogP contribution in [-0.2, 0) is 6.54 Å². The molecule has 0 aliphatic carbocycles. The van der Waals surface area contributed by atoms with Crippen molar-refractivity contribution in [3.8, 4) is 0 Å². The standard InChI is InChI=1S/C16H30N4OS/c1-5-17-16(20-11-15-18-9-13(4)22-15)19-10-14(6-7-21)8-12(2)3/h9,12,14,21H,5-8,10-11H2,1-4H3,(H2,17,19,20). The van der Waals surface area contributed by atoms with Gasteiger partial charge in [-0.2, -0.15) is 0 Å². The van der Waals surface area contributed by atoms with Gasteiger partial charge in [0.25, 0.3) is 0 Å². The van der Waals surface area contributed by atoms with Gasteiger partial charge >= 0.3 is 0 Å². The highest BCUT2D eigenvalue weighted by molar-refractivity contribution is 7.11. The molecular weight excluding hydrogens is 296 g/mol. The molecule has 1 heterocycles. The molecule has 0 fully saturated rings. The van der Waals surface area contributed by atoms with Crippen molar-refractivity contribution >= 4 is 17.3 Å². The van der Waals surface area contributed by atoms with Crippen LogP contribution in [0.1, 0.15) is 43.5 Å². The number of nitrogens with zero attached hydrogens (tertiary/aromatic N) is 2. The van der Waals surface area contributed by atoms with Gasteiger partial charge in [0, 0.05) is 30.8 Å². The molecule has 1 aromatic rings. The first kappa shape index (κ1) is 18.9. The fraction of sp³-hybridized carbons (Fsp3) is 0.750. The van der Waals surface area contributed by atoms with E-state index in [0.29, 0.717) is 18.4 Å². The van der Waals surface area contributed by atoms with Gasteiger partial charge in [0.1, 0.15) is 5.01 Å². The Balaban J connectivity index is 2.54. The Bertz CT molecular complexity index is 445. The Labute approximate surface area is 138 Å². The zero-order valence-corrected chi connectivity index (χ0v) is 15.0. The van der Waals surface area contributed by atoms with E-state index < -0.39 is 0 Å². The number of thiazole rings is 1. The number of aryl methyl sites for hydroxylation is 1. The van der Waals surface area contributed by atoms with Crippen molar-refractivity contribution in [3.63, 3.8) is 0 Å². The molecule has 1 unspecified atom stereocenters. The Morgan fingerprint density at radius 2 is 2.18 bits per heavy atom. The molecule has 0 radical (unpaired) electrons. The number of aliphatic hydroxyl groups is 1. The molecule has 0 aromatic carbocycles. The Morgan fingerprint density at radius 1 is 1.41 bits per heavy atom. The van der Waals surface area contributed by atoms with Crippen LogP contribution in [0.3, 0.4) is 0 Å². The van der Waals surface area contributed by atoms with Crippen molar-refractivity contribution in [2.45, 2.75) is 47.1 Å². The number of aromatic nitrogens is 1. The van der Waals surface area contributed by atoms with Crippen molar-refractivity contribution in [3.05, 3.63) is 16.1 Å². The lowest BCUT2D eigenvalue weighted by Gasteiger charge is -2.20. The van der Waals surface area contributed by atoms with E-state index in [1.807, 2.05) is 6.20 Å². The molecule has 0 saturated heterocycles. The summed E-state index contributed by atoms with van der Waals surface area (Å²) in [7, 11) is 0. The van der Waals surface area contributed by atoms with E-state index in [-0.39, 0.29) is 6.61 Å². The van der Waals surface area contributed by atoms with Crippen LogP contribution < -0.4 is 10.6 Å². The van der Waals surface area contributed by atoms with Crippen LogP contribution in [0.15, 0.2) is 11.2 Å². The molecule has 1 atom stereocenters. The fourth-order valence-electron chi connectivity index (χ4n) is 2.36. The Kier molecular flexibility index (Phi) is 9.08. The van der Waals surface area contributed by atoms with Gasteiger partial charge in [0.05, 0.1) is 6.54 Å². The quantitative estimate of drug-likeness (QED) is 0.482. The number of hydrogen-bond donors (Lipinski definition) is 3. The van der Waals surface area contributed by atoms with Crippen LogP contribution in [0.5, 0.6) is 0 Å². The van der Waals surface area contributed by atoms with E-state index in [0.717, 1.165) is 36.9 Å². The van der Waals surface area contributed by atoms with E-state index in [9.17, 15) is 5.11 Å². The lowest BCUT2D eigenvalue weighted by molar-refractivity contribution is 0.243. The second-order valence-electron chi connectivity index (χ2n) is 5.95. The highest BCUT2D eigenvalue weighted by Gasteiger charge is 2.11. The molecule has 0 bridgehead atoms. The molecule has 22 heavy (non-hydrogen) atoms. The largest absolute Gasteiger partial charge is 0.396 e. The maximum absolute atomic E-state index is 9.19. The summed E-state index contributed by atoms with van der Waals surface area (Å²) >= 11 is 1.68. The average molecular weight is 327 g/mol. The van der Waals surface area contributed by atoms with E-state index in [2.05, 4.69) is 48.3 Å². The third-order valence-corrected chi connectivity index (χ3v) is 4.18. The highest BCUT2D eigenvalue weighted by atomic mass is 32.1. The van der Waals surface area contributed by atoms with E-state index in [4.69, 9.17) is 0 Å². The van der Waals surface area contributed by atoms with Gasteiger partial charge in [0.2, 0.25) is 0 Å². The maximum atomic E-state index is 9.19. The molecule has 3 N–H and O–H groups in total. The first-order valence-electron chi connectivity index (χ1n) is 8.09. The minimum Gasteiger partial charge on any atom is -0.396 e. The van der Waals surface area contributed by atoms with Crippen molar-refractivity contribution in [2.24, 2.45) is 16.8 Å². The first-order chi connectivity index (χ1) is 10.5. The SMILES string of the molecule is CCNC(=NCc1ncc(C)s1)NCC(CCO)CC(C)C. The molecule has 1 rings (SSSR count). The van der Waals surface area contributed by atoms with Gasteiger partial charge in [-0.15, -0.1) is 11.3 Å². The molecule has 0 spiro atoms. The normalized spacial score (nSPS) is 13.5. The molecule has 5 nitrogen and oxygen atoms in total. The average Bonchev–Trinajstić information content (AvgIpc) is 2.87. The summed E-state index contributed by atoms with van der Waals surface area (Å²) in [6.07, 6.45) is 3.82. The molecule has 0 aliphatic heterocycles. The molecule has 6 heteroatoms. The summed E-state index contributed by atoms with van der Waals surface area (Å²) in [4.78, 5) is 10.1. The van der Waals surface area contributed by atoms with Crippen molar-refractivity contribution in [2.75, 3.05) is 19.7 Å². The molecule has 1 aromatic heterocycles. The molecule has 0 aliphatic rings. The molecule has 0 saturated carbocycles. The number of aliphatic imine (C=N–C) groups is 1. The van der Waals surface area contributed by atoms with Crippen LogP contribution >= 0.6 is 11.3 Å². The minimum absolute atomic E-state index is 0.241. The zero-order chi connectivity index (χ0) is 16.4. The van der Waals surface area contributed by atoms with Gasteiger partial charge in [0.15, 0.2) is 5.96 Å². The Morgan fingerprint density at radius 3 is 2.73 bits per heavy atom. The number of hydrogen-bond acceptors (Lipinski definition) is 4. The summed E-state index contributed by atoms with van der Waals surface area (Å²) in [6.45, 7) is 11.1. The third kappa shape index (κ3) is 7.75. The number of nitrogens with one attached hydrogen (secondary N) is 2. The highest BCUT2D eigenvalue weighted by Crippen LogP contribution is 2.14. The van der Waals surface area contributed by atoms with Crippen LogP contribution in [0.25, 0.3) is 0 Å². The van der Waals surface area contributed by atoms with Gasteiger partial charge in [-0.05, 0) is 38.5 Å². The number of rotatable bonds is 9. The van der Waals surface area contributed by atoms with E-state index in [1.165, 1.54) is 4.88 Å². The predicted octanol–water partition coefficient (Wildman–Crippen LogP) is 2.55. The molecular formula is C16H30N4OS. The lowest BCUT2D eigenvalue weighted by atomic mass is 9.94. The third-order valence-electron chi connectivity index (χ3n) is 3.29. The molecule has 126 valence electrons. The van der Waals surface area contributed by atoms with Crippen LogP contribution in [0.2, 0.25) is 0 Å². The zero-order valence-electron chi connectivity index (χ0n) is 14.2. The van der Waals surface area contributed by atoms with Gasteiger partial charge < -0.3 is 15.7 Å². The van der Waals surface area contributed by atoms with Crippen molar-refractivity contribution in [1.82, 2.24) is 15.6 Å².